The Morgan fingerprint density at radius 2 is 2.14 bits per heavy atom. The lowest BCUT2D eigenvalue weighted by Gasteiger charge is -2.37. The standard InChI is InChI=1S/C18H26N2O2/c1-2-13-12-19-10-9-14(13)18(22)20-11-5-7-16(20)15-6-3-4-8-17(15)21/h9-10,12,15-17,21H,2-8,11H2,1H3/t15-,16+,17+/m0/s1. The number of aryl methyl sites for hydroxylation is 1. The summed E-state index contributed by atoms with van der Waals surface area (Å²) in [4.78, 5) is 19.2. The van der Waals surface area contributed by atoms with E-state index >= 15 is 0 Å². The molecule has 120 valence electrons. The van der Waals surface area contributed by atoms with Gasteiger partial charge in [0.25, 0.3) is 5.91 Å². The van der Waals surface area contributed by atoms with Crippen molar-refractivity contribution in [1.29, 1.82) is 0 Å². The number of hydrogen-bond donors (Lipinski definition) is 1. The highest BCUT2D eigenvalue weighted by atomic mass is 16.3. The number of carbonyl (C=O) groups is 1. The number of carbonyl (C=O) groups excluding carboxylic acids is 1. The minimum absolute atomic E-state index is 0.125. The third kappa shape index (κ3) is 2.89. The summed E-state index contributed by atoms with van der Waals surface area (Å²) in [6.45, 7) is 2.87. The Bertz CT molecular complexity index is 532. The van der Waals surface area contributed by atoms with E-state index in [9.17, 15) is 9.90 Å². The van der Waals surface area contributed by atoms with E-state index in [2.05, 4.69) is 11.9 Å². The minimum atomic E-state index is -0.241. The fourth-order valence-corrected chi connectivity index (χ4v) is 4.15. The summed E-state index contributed by atoms with van der Waals surface area (Å²) in [5, 5.41) is 10.4. The van der Waals surface area contributed by atoms with Crippen molar-refractivity contribution in [3.8, 4) is 0 Å². The Labute approximate surface area is 132 Å². The van der Waals surface area contributed by atoms with Gasteiger partial charge in [0.1, 0.15) is 0 Å². The summed E-state index contributed by atoms with van der Waals surface area (Å²) in [5.41, 5.74) is 1.80. The number of aliphatic hydroxyl groups excluding tert-OH is 1. The quantitative estimate of drug-likeness (QED) is 0.934. The van der Waals surface area contributed by atoms with Gasteiger partial charge in [0.2, 0.25) is 0 Å². The molecule has 1 aliphatic heterocycles. The summed E-state index contributed by atoms with van der Waals surface area (Å²) >= 11 is 0. The van der Waals surface area contributed by atoms with Crippen LogP contribution in [0.2, 0.25) is 0 Å². The SMILES string of the molecule is CCc1cnccc1C(=O)N1CCC[C@@H]1[C@@H]1CCCC[C@H]1O. The second-order valence-corrected chi connectivity index (χ2v) is 6.61. The van der Waals surface area contributed by atoms with E-state index in [4.69, 9.17) is 0 Å². The second kappa shape index (κ2) is 6.78. The van der Waals surface area contributed by atoms with E-state index < -0.39 is 0 Å². The molecule has 0 aromatic carbocycles. The molecule has 0 spiro atoms. The summed E-state index contributed by atoms with van der Waals surface area (Å²) < 4.78 is 0. The average Bonchev–Trinajstić information content (AvgIpc) is 3.04. The molecule has 1 saturated carbocycles. The lowest BCUT2D eigenvalue weighted by Crippen LogP contribution is -2.45. The zero-order valence-corrected chi connectivity index (χ0v) is 13.4. The van der Waals surface area contributed by atoms with Crippen LogP contribution >= 0.6 is 0 Å². The highest BCUT2D eigenvalue weighted by molar-refractivity contribution is 5.96. The maximum atomic E-state index is 13.0. The molecule has 0 radical (unpaired) electrons. The fraction of sp³-hybridized carbons (Fsp3) is 0.667. The normalized spacial score (nSPS) is 28.8. The number of pyridine rings is 1. The van der Waals surface area contributed by atoms with Crippen molar-refractivity contribution in [2.24, 2.45) is 5.92 Å². The van der Waals surface area contributed by atoms with E-state index in [-0.39, 0.29) is 24.0 Å². The highest BCUT2D eigenvalue weighted by Gasteiger charge is 2.39. The fourth-order valence-electron chi connectivity index (χ4n) is 4.15. The van der Waals surface area contributed by atoms with Crippen LogP contribution in [0.25, 0.3) is 0 Å². The first-order chi connectivity index (χ1) is 10.7. The number of nitrogens with zero attached hydrogens (tertiary/aromatic N) is 2. The number of aliphatic hydroxyl groups is 1. The number of rotatable bonds is 3. The van der Waals surface area contributed by atoms with Gasteiger partial charge in [-0.15, -0.1) is 0 Å². The van der Waals surface area contributed by atoms with Gasteiger partial charge in [-0.3, -0.25) is 9.78 Å². The Morgan fingerprint density at radius 3 is 2.91 bits per heavy atom. The van der Waals surface area contributed by atoms with Crippen LogP contribution in [0.15, 0.2) is 18.5 Å². The van der Waals surface area contributed by atoms with Crippen LogP contribution in [0.3, 0.4) is 0 Å². The van der Waals surface area contributed by atoms with E-state index in [1.807, 2.05) is 11.0 Å². The first-order valence-electron chi connectivity index (χ1n) is 8.64. The van der Waals surface area contributed by atoms with Crippen molar-refractivity contribution in [1.82, 2.24) is 9.88 Å². The maximum absolute atomic E-state index is 13.0. The molecule has 2 aliphatic rings. The lowest BCUT2D eigenvalue weighted by molar-refractivity contribution is 0.0211. The minimum Gasteiger partial charge on any atom is -0.393 e. The molecular formula is C18H26N2O2. The third-order valence-electron chi connectivity index (χ3n) is 5.35. The Hall–Kier alpha value is -1.42. The van der Waals surface area contributed by atoms with Gasteiger partial charge in [0.15, 0.2) is 0 Å². The molecule has 1 aromatic rings. The monoisotopic (exact) mass is 302 g/mol. The highest BCUT2D eigenvalue weighted by Crippen LogP contribution is 2.35. The van der Waals surface area contributed by atoms with Gasteiger partial charge >= 0.3 is 0 Å². The van der Waals surface area contributed by atoms with Gasteiger partial charge in [0, 0.05) is 36.5 Å². The zero-order valence-electron chi connectivity index (χ0n) is 13.4. The molecule has 4 heteroatoms. The van der Waals surface area contributed by atoms with E-state index in [0.29, 0.717) is 0 Å². The maximum Gasteiger partial charge on any atom is 0.254 e. The van der Waals surface area contributed by atoms with Crippen molar-refractivity contribution < 1.29 is 9.90 Å². The summed E-state index contributed by atoms with van der Waals surface area (Å²) in [7, 11) is 0. The van der Waals surface area contributed by atoms with Crippen molar-refractivity contribution >= 4 is 5.91 Å². The summed E-state index contributed by atoms with van der Waals surface area (Å²) in [6, 6.07) is 2.05. The average molecular weight is 302 g/mol. The summed E-state index contributed by atoms with van der Waals surface area (Å²) in [6.07, 6.45) is 10.4. The van der Waals surface area contributed by atoms with Crippen LogP contribution in [0, 0.1) is 5.92 Å². The van der Waals surface area contributed by atoms with Crippen LogP contribution in [0.4, 0.5) is 0 Å². The Balaban J connectivity index is 1.81. The van der Waals surface area contributed by atoms with Crippen molar-refractivity contribution in [2.45, 2.75) is 64.0 Å². The number of aromatic nitrogens is 1. The predicted octanol–water partition coefficient (Wildman–Crippen LogP) is 2.80. The van der Waals surface area contributed by atoms with Gasteiger partial charge in [-0.2, -0.15) is 0 Å². The Kier molecular flexibility index (Phi) is 4.77. The second-order valence-electron chi connectivity index (χ2n) is 6.61. The van der Waals surface area contributed by atoms with Gasteiger partial charge in [-0.1, -0.05) is 19.8 Å². The van der Waals surface area contributed by atoms with Crippen molar-refractivity contribution in [2.75, 3.05) is 6.54 Å². The zero-order chi connectivity index (χ0) is 15.5. The van der Waals surface area contributed by atoms with Gasteiger partial charge in [-0.05, 0) is 43.7 Å². The molecule has 22 heavy (non-hydrogen) atoms. The molecule has 4 nitrogen and oxygen atoms in total. The Morgan fingerprint density at radius 1 is 1.32 bits per heavy atom. The molecule has 1 saturated heterocycles. The first-order valence-corrected chi connectivity index (χ1v) is 8.64. The molecule has 3 rings (SSSR count). The molecule has 1 N–H and O–H groups in total. The van der Waals surface area contributed by atoms with Gasteiger partial charge < -0.3 is 10.0 Å². The molecule has 1 aliphatic carbocycles. The molecule has 0 bridgehead atoms. The number of amides is 1. The van der Waals surface area contributed by atoms with Crippen LogP contribution in [-0.4, -0.2) is 39.6 Å². The van der Waals surface area contributed by atoms with E-state index in [1.54, 1.807) is 12.4 Å². The number of hydrogen-bond acceptors (Lipinski definition) is 3. The van der Waals surface area contributed by atoms with Gasteiger partial charge in [0.05, 0.1) is 6.10 Å². The number of likely N-dealkylation sites (tertiary alicyclic amines) is 1. The van der Waals surface area contributed by atoms with E-state index in [1.165, 1.54) is 6.42 Å². The lowest BCUT2D eigenvalue weighted by atomic mass is 9.80. The summed E-state index contributed by atoms with van der Waals surface area (Å²) in [5.74, 6) is 0.381. The van der Waals surface area contributed by atoms with Gasteiger partial charge in [-0.25, -0.2) is 0 Å². The predicted molar refractivity (Wildman–Crippen MR) is 85.6 cm³/mol. The van der Waals surface area contributed by atoms with Crippen LogP contribution in [-0.2, 0) is 6.42 Å². The molecule has 3 atom stereocenters. The molecule has 1 aromatic heterocycles. The third-order valence-corrected chi connectivity index (χ3v) is 5.35. The van der Waals surface area contributed by atoms with E-state index in [0.717, 1.165) is 56.2 Å². The van der Waals surface area contributed by atoms with Crippen molar-refractivity contribution in [3.63, 3.8) is 0 Å². The topological polar surface area (TPSA) is 53.4 Å². The van der Waals surface area contributed by atoms with Crippen LogP contribution in [0.1, 0.15) is 61.4 Å². The molecule has 1 amide bonds. The first kappa shape index (κ1) is 15.5. The molecule has 2 fully saturated rings. The molecule has 2 heterocycles. The molecule has 0 unspecified atom stereocenters. The van der Waals surface area contributed by atoms with Crippen LogP contribution < -0.4 is 0 Å². The van der Waals surface area contributed by atoms with Crippen LogP contribution in [0.5, 0.6) is 0 Å². The molecular weight excluding hydrogens is 276 g/mol. The largest absolute Gasteiger partial charge is 0.393 e. The smallest absolute Gasteiger partial charge is 0.254 e. The van der Waals surface area contributed by atoms with Crippen molar-refractivity contribution in [3.05, 3.63) is 29.6 Å².